The van der Waals surface area contributed by atoms with E-state index < -0.39 is 23.5 Å². The third kappa shape index (κ3) is 3.84. The van der Waals surface area contributed by atoms with Crippen LogP contribution in [-0.4, -0.2) is 43.3 Å². The van der Waals surface area contributed by atoms with E-state index >= 15 is 0 Å². The Morgan fingerprint density at radius 3 is 2.61 bits per heavy atom. The third-order valence-corrected chi connectivity index (χ3v) is 6.55. The van der Waals surface area contributed by atoms with Gasteiger partial charge in [0.15, 0.2) is 17.5 Å². The maximum atomic E-state index is 14.2. The van der Waals surface area contributed by atoms with Crippen LogP contribution < -0.4 is 10.1 Å². The minimum absolute atomic E-state index is 0.0536. The molecule has 164 valence electrons. The largest absolute Gasteiger partial charge is 0.493 e. The molecule has 6 rings (SSSR count). The summed E-state index contributed by atoms with van der Waals surface area (Å²) in [6, 6.07) is 6.68. The molecule has 1 N–H and O–H groups in total. The lowest BCUT2D eigenvalue weighted by Crippen LogP contribution is -2.52. The lowest BCUT2D eigenvalue weighted by Gasteiger charge is -2.44. The van der Waals surface area contributed by atoms with Crippen molar-refractivity contribution >= 4 is 6.09 Å². The summed E-state index contributed by atoms with van der Waals surface area (Å²) in [5.74, 6) is -3.09. The summed E-state index contributed by atoms with van der Waals surface area (Å²) in [6.45, 7) is 3.29. The normalized spacial score (nSPS) is 26.7. The summed E-state index contributed by atoms with van der Waals surface area (Å²) in [5, 5.41) is 2.93. The highest BCUT2D eigenvalue weighted by Gasteiger charge is 2.37. The van der Waals surface area contributed by atoms with E-state index in [-0.39, 0.29) is 17.7 Å². The van der Waals surface area contributed by atoms with Crippen molar-refractivity contribution in [3.63, 3.8) is 0 Å². The average molecular weight is 432 g/mol. The Balaban J connectivity index is 1.31. The number of nitrogens with zero attached hydrogens (tertiary/aromatic N) is 1. The Kier molecular flexibility index (Phi) is 5.25. The lowest BCUT2D eigenvalue weighted by atomic mass is 9.86. The summed E-state index contributed by atoms with van der Waals surface area (Å²) in [6.07, 6.45) is 2.15. The van der Waals surface area contributed by atoms with E-state index in [4.69, 9.17) is 9.47 Å². The van der Waals surface area contributed by atoms with Gasteiger partial charge in [-0.15, -0.1) is 0 Å². The predicted molar refractivity (Wildman–Crippen MR) is 107 cm³/mol. The third-order valence-electron chi connectivity index (χ3n) is 6.55. The smallest absolute Gasteiger partial charge is 0.407 e. The lowest BCUT2D eigenvalue weighted by molar-refractivity contribution is -0.0342. The number of amides is 1. The molecule has 4 heterocycles. The molecule has 1 amide bonds. The van der Waals surface area contributed by atoms with E-state index in [0.717, 1.165) is 44.1 Å². The van der Waals surface area contributed by atoms with Crippen LogP contribution in [0.3, 0.4) is 0 Å². The topological polar surface area (TPSA) is 50.8 Å². The summed E-state index contributed by atoms with van der Waals surface area (Å²) in [5.41, 5.74) is 1.05. The molecule has 4 aliphatic heterocycles. The van der Waals surface area contributed by atoms with E-state index in [1.807, 2.05) is 0 Å². The predicted octanol–water partition coefficient (Wildman–Crippen LogP) is 4.41. The van der Waals surface area contributed by atoms with E-state index in [9.17, 15) is 18.0 Å². The van der Waals surface area contributed by atoms with E-state index in [1.165, 1.54) is 6.07 Å². The molecule has 0 spiro atoms. The van der Waals surface area contributed by atoms with Gasteiger partial charge < -0.3 is 14.8 Å². The number of alkyl carbamates (subject to hydrolysis) is 1. The highest BCUT2D eigenvalue weighted by Crippen LogP contribution is 2.37. The molecule has 0 radical (unpaired) electrons. The van der Waals surface area contributed by atoms with Crippen LogP contribution in [-0.2, 0) is 4.74 Å². The molecule has 2 aromatic rings. The van der Waals surface area contributed by atoms with Gasteiger partial charge >= 0.3 is 6.09 Å². The zero-order chi connectivity index (χ0) is 21.5. The van der Waals surface area contributed by atoms with Crippen molar-refractivity contribution in [2.75, 3.05) is 26.2 Å². The quantitative estimate of drug-likeness (QED) is 0.730. The molecule has 2 atom stereocenters. The van der Waals surface area contributed by atoms with Crippen molar-refractivity contribution in [1.82, 2.24) is 10.2 Å². The summed E-state index contributed by atoms with van der Waals surface area (Å²) < 4.78 is 52.5. The monoisotopic (exact) mass is 432 g/mol. The Bertz CT molecular complexity index is 1010. The van der Waals surface area contributed by atoms with Gasteiger partial charge in [-0.05, 0) is 55.6 Å². The van der Waals surface area contributed by atoms with Gasteiger partial charge in [-0.1, -0.05) is 12.1 Å². The number of benzene rings is 2. The maximum Gasteiger partial charge on any atom is 0.407 e. The minimum atomic E-state index is -1.51. The van der Waals surface area contributed by atoms with Crippen LogP contribution in [0.1, 0.15) is 30.9 Å². The van der Waals surface area contributed by atoms with E-state index in [0.29, 0.717) is 30.3 Å². The van der Waals surface area contributed by atoms with Gasteiger partial charge in [-0.3, -0.25) is 4.90 Å². The second kappa shape index (κ2) is 8.07. The highest BCUT2D eigenvalue weighted by atomic mass is 19.2. The number of carbonyl (C=O) groups excluding carboxylic acids is 1. The molecule has 31 heavy (non-hydrogen) atoms. The average Bonchev–Trinajstić information content (AvgIpc) is 2.78. The number of hydrogen-bond acceptors (Lipinski definition) is 4. The second-order valence-corrected chi connectivity index (χ2v) is 8.39. The van der Waals surface area contributed by atoms with Crippen molar-refractivity contribution in [2.24, 2.45) is 5.92 Å². The Morgan fingerprint density at radius 1 is 1.06 bits per heavy atom. The van der Waals surface area contributed by atoms with E-state index in [2.05, 4.69) is 10.2 Å². The van der Waals surface area contributed by atoms with Gasteiger partial charge in [0.25, 0.3) is 0 Å². The molecule has 1 unspecified atom stereocenters. The highest BCUT2D eigenvalue weighted by molar-refractivity contribution is 5.70. The molecule has 0 aliphatic carbocycles. The SMILES string of the molecule is O=C(NC1CCOc2cc(-c3ccc(F)c(F)c3F)ccc21)O[C@@H]1CN2CCC1CC2. The number of rotatable bonds is 3. The molecule has 2 bridgehead atoms. The van der Waals surface area contributed by atoms with Gasteiger partial charge in [0, 0.05) is 24.1 Å². The van der Waals surface area contributed by atoms with Gasteiger partial charge in [0.05, 0.1) is 12.6 Å². The molecule has 0 aromatic heterocycles. The van der Waals surface area contributed by atoms with Crippen LogP contribution in [0.25, 0.3) is 11.1 Å². The zero-order valence-corrected chi connectivity index (χ0v) is 16.9. The maximum absolute atomic E-state index is 14.2. The van der Waals surface area contributed by atoms with Crippen molar-refractivity contribution in [3.05, 3.63) is 53.3 Å². The number of halogens is 3. The number of ether oxygens (including phenoxy) is 2. The number of nitrogens with one attached hydrogen (secondary N) is 1. The van der Waals surface area contributed by atoms with Crippen LogP contribution >= 0.6 is 0 Å². The minimum Gasteiger partial charge on any atom is -0.493 e. The standard InChI is InChI=1S/C23H23F3N2O3/c24-17-4-3-15(21(25)22(17)26)14-1-2-16-18(7-10-30-19(16)11-14)27-23(29)31-20-12-28-8-5-13(20)6-9-28/h1-4,11,13,18,20H,5-10,12H2,(H,27,29)/t18?,20-/m1/s1. The Morgan fingerprint density at radius 2 is 1.87 bits per heavy atom. The van der Waals surface area contributed by atoms with Crippen molar-refractivity contribution < 1.29 is 27.4 Å². The second-order valence-electron chi connectivity index (χ2n) is 8.39. The van der Waals surface area contributed by atoms with E-state index in [1.54, 1.807) is 18.2 Å². The number of carbonyl (C=O) groups is 1. The fourth-order valence-electron chi connectivity index (χ4n) is 4.81. The van der Waals surface area contributed by atoms with Crippen LogP contribution in [0.15, 0.2) is 30.3 Å². The van der Waals surface area contributed by atoms with Gasteiger partial charge in [0.1, 0.15) is 11.9 Å². The first-order valence-electron chi connectivity index (χ1n) is 10.6. The van der Waals surface area contributed by atoms with Gasteiger partial charge in [-0.2, -0.15) is 0 Å². The summed E-state index contributed by atoms with van der Waals surface area (Å²) >= 11 is 0. The molecule has 3 saturated heterocycles. The number of piperidine rings is 3. The van der Waals surface area contributed by atoms with Crippen molar-refractivity contribution in [3.8, 4) is 16.9 Å². The Labute approximate surface area is 178 Å². The van der Waals surface area contributed by atoms with Crippen LogP contribution in [0.5, 0.6) is 5.75 Å². The molecular formula is C23H23F3N2O3. The van der Waals surface area contributed by atoms with Crippen molar-refractivity contribution in [2.45, 2.75) is 31.4 Å². The fraction of sp³-hybridized carbons (Fsp3) is 0.435. The van der Waals surface area contributed by atoms with Crippen LogP contribution in [0.4, 0.5) is 18.0 Å². The van der Waals surface area contributed by atoms with Crippen LogP contribution in [0, 0.1) is 23.4 Å². The fourth-order valence-corrected chi connectivity index (χ4v) is 4.81. The molecule has 4 aliphatic rings. The Hall–Kier alpha value is -2.74. The molecule has 8 heteroatoms. The van der Waals surface area contributed by atoms with Gasteiger partial charge in [0.2, 0.25) is 0 Å². The van der Waals surface area contributed by atoms with Crippen molar-refractivity contribution in [1.29, 1.82) is 0 Å². The number of fused-ring (bicyclic) bond motifs is 4. The first-order valence-corrected chi connectivity index (χ1v) is 10.6. The van der Waals surface area contributed by atoms with Gasteiger partial charge in [-0.25, -0.2) is 18.0 Å². The molecule has 2 aromatic carbocycles. The molecule has 3 fully saturated rings. The zero-order valence-electron chi connectivity index (χ0n) is 16.9. The summed E-state index contributed by atoms with van der Waals surface area (Å²) in [4.78, 5) is 14.9. The first kappa shape index (κ1) is 20.2. The molecule has 0 saturated carbocycles. The first-order chi connectivity index (χ1) is 15.0. The molecule has 5 nitrogen and oxygen atoms in total. The molecular weight excluding hydrogens is 409 g/mol. The number of hydrogen-bond donors (Lipinski definition) is 1. The van der Waals surface area contributed by atoms with Crippen LogP contribution in [0.2, 0.25) is 0 Å². The summed E-state index contributed by atoms with van der Waals surface area (Å²) in [7, 11) is 0.